The van der Waals surface area contributed by atoms with Crippen molar-refractivity contribution in [3.05, 3.63) is 29.3 Å². The van der Waals surface area contributed by atoms with Gasteiger partial charge in [0.15, 0.2) is 0 Å². The highest BCUT2D eigenvalue weighted by Gasteiger charge is 2.40. The SMILES string of the molecule is O=C(NC1CC2CNC1C2)c1ccc2sccc2n1. The lowest BCUT2D eigenvalue weighted by Gasteiger charge is -2.23. The van der Waals surface area contributed by atoms with Crippen LogP contribution in [0.15, 0.2) is 23.6 Å². The Morgan fingerprint density at radius 2 is 2.32 bits per heavy atom. The summed E-state index contributed by atoms with van der Waals surface area (Å²) in [5.41, 5.74) is 1.43. The Kier molecular flexibility index (Phi) is 2.56. The molecule has 1 aliphatic carbocycles. The molecule has 2 aromatic rings. The number of hydrogen-bond acceptors (Lipinski definition) is 4. The molecule has 4 rings (SSSR count). The highest BCUT2D eigenvalue weighted by atomic mass is 32.1. The Hall–Kier alpha value is -1.46. The molecule has 2 fully saturated rings. The Balaban J connectivity index is 1.53. The maximum absolute atomic E-state index is 12.2. The number of rotatable bonds is 2. The molecule has 2 aliphatic rings. The summed E-state index contributed by atoms with van der Waals surface area (Å²) in [5, 5.41) is 8.58. The van der Waals surface area contributed by atoms with Gasteiger partial charge in [0.05, 0.1) is 10.2 Å². The summed E-state index contributed by atoms with van der Waals surface area (Å²) < 4.78 is 1.12. The lowest BCUT2D eigenvalue weighted by Crippen LogP contribution is -2.48. The number of carbonyl (C=O) groups is 1. The minimum atomic E-state index is -0.0487. The minimum absolute atomic E-state index is 0.0487. The van der Waals surface area contributed by atoms with Crippen LogP contribution in [0.4, 0.5) is 0 Å². The molecule has 4 nitrogen and oxygen atoms in total. The lowest BCUT2D eigenvalue weighted by atomic mass is 10.1. The van der Waals surface area contributed by atoms with Gasteiger partial charge >= 0.3 is 0 Å². The number of pyridine rings is 1. The van der Waals surface area contributed by atoms with E-state index >= 15 is 0 Å². The van der Waals surface area contributed by atoms with E-state index in [0.717, 1.165) is 29.1 Å². The second-order valence-corrected chi connectivity index (χ2v) is 6.38. The largest absolute Gasteiger partial charge is 0.346 e. The topological polar surface area (TPSA) is 54.0 Å². The standard InChI is InChI=1S/C14H15N3OS/c18-14(17-12-6-8-5-11(12)15-7-8)10-1-2-13-9(16-10)3-4-19-13/h1-4,8,11-12,15H,5-7H2,(H,17,18). The lowest BCUT2D eigenvalue weighted by molar-refractivity contribution is 0.0923. The molecule has 19 heavy (non-hydrogen) atoms. The normalized spacial score (nSPS) is 28.9. The molecule has 2 bridgehead atoms. The zero-order valence-corrected chi connectivity index (χ0v) is 11.2. The molecule has 1 aliphatic heterocycles. The second kappa shape index (κ2) is 4.28. The highest BCUT2D eigenvalue weighted by molar-refractivity contribution is 7.17. The first-order valence-corrected chi connectivity index (χ1v) is 7.56. The van der Waals surface area contributed by atoms with Crippen LogP contribution in [0.25, 0.3) is 10.2 Å². The molecular weight excluding hydrogens is 258 g/mol. The first-order chi connectivity index (χ1) is 9.29. The van der Waals surface area contributed by atoms with Gasteiger partial charge in [0.2, 0.25) is 0 Å². The Morgan fingerprint density at radius 1 is 1.37 bits per heavy atom. The molecule has 1 amide bonds. The van der Waals surface area contributed by atoms with E-state index in [1.54, 1.807) is 11.3 Å². The van der Waals surface area contributed by atoms with Crippen LogP contribution in [0, 0.1) is 5.92 Å². The number of piperidine rings is 1. The predicted molar refractivity (Wildman–Crippen MR) is 75.4 cm³/mol. The van der Waals surface area contributed by atoms with Crippen molar-refractivity contribution in [2.24, 2.45) is 5.92 Å². The number of aromatic nitrogens is 1. The van der Waals surface area contributed by atoms with Crippen molar-refractivity contribution in [1.29, 1.82) is 0 Å². The van der Waals surface area contributed by atoms with E-state index in [1.165, 1.54) is 6.42 Å². The summed E-state index contributed by atoms with van der Waals surface area (Å²) in [6.07, 6.45) is 2.30. The molecule has 3 atom stereocenters. The summed E-state index contributed by atoms with van der Waals surface area (Å²) in [5.74, 6) is 0.690. The zero-order chi connectivity index (χ0) is 12.8. The van der Waals surface area contributed by atoms with Gasteiger partial charge in [0, 0.05) is 12.1 Å². The number of hydrogen-bond donors (Lipinski definition) is 2. The molecule has 2 aromatic heterocycles. The third kappa shape index (κ3) is 1.93. The fraction of sp³-hybridized carbons (Fsp3) is 0.429. The van der Waals surface area contributed by atoms with Gasteiger partial charge in [-0.1, -0.05) is 0 Å². The molecule has 0 aromatic carbocycles. The molecule has 0 spiro atoms. The number of fused-ring (bicyclic) bond motifs is 3. The van der Waals surface area contributed by atoms with E-state index in [1.807, 2.05) is 23.6 Å². The van der Waals surface area contributed by atoms with Crippen LogP contribution in [0.5, 0.6) is 0 Å². The number of carbonyl (C=O) groups excluding carboxylic acids is 1. The van der Waals surface area contributed by atoms with E-state index in [4.69, 9.17) is 0 Å². The first kappa shape index (κ1) is 11.4. The minimum Gasteiger partial charge on any atom is -0.346 e. The van der Waals surface area contributed by atoms with Gasteiger partial charge in [0.25, 0.3) is 5.91 Å². The van der Waals surface area contributed by atoms with Gasteiger partial charge in [-0.3, -0.25) is 4.79 Å². The number of amides is 1. The number of thiophene rings is 1. The fourth-order valence-electron chi connectivity index (χ4n) is 3.23. The Morgan fingerprint density at radius 3 is 3.11 bits per heavy atom. The molecular formula is C14H15N3OS. The summed E-state index contributed by atoms with van der Waals surface area (Å²) in [6.45, 7) is 1.11. The molecule has 3 heterocycles. The molecule has 2 N–H and O–H groups in total. The second-order valence-electron chi connectivity index (χ2n) is 5.43. The van der Waals surface area contributed by atoms with Crippen molar-refractivity contribution in [1.82, 2.24) is 15.6 Å². The highest BCUT2D eigenvalue weighted by Crippen LogP contribution is 2.31. The quantitative estimate of drug-likeness (QED) is 0.877. The van der Waals surface area contributed by atoms with E-state index < -0.39 is 0 Å². The van der Waals surface area contributed by atoms with Crippen LogP contribution >= 0.6 is 11.3 Å². The van der Waals surface area contributed by atoms with Crippen molar-refractivity contribution in [2.45, 2.75) is 24.9 Å². The van der Waals surface area contributed by atoms with Crippen LogP contribution < -0.4 is 10.6 Å². The summed E-state index contributed by atoms with van der Waals surface area (Å²) in [7, 11) is 0. The van der Waals surface area contributed by atoms with E-state index in [0.29, 0.717) is 11.7 Å². The smallest absolute Gasteiger partial charge is 0.270 e. The van der Waals surface area contributed by atoms with Crippen molar-refractivity contribution in [3.8, 4) is 0 Å². The fourth-order valence-corrected chi connectivity index (χ4v) is 3.96. The van der Waals surface area contributed by atoms with Gasteiger partial charge in [-0.25, -0.2) is 4.98 Å². The van der Waals surface area contributed by atoms with Gasteiger partial charge < -0.3 is 10.6 Å². The van der Waals surface area contributed by atoms with Crippen LogP contribution in [0.3, 0.4) is 0 Å². The monoisotopic (exact) mass is 273 g/mol. The van der Waals surface area contributed by atoms with Crippen LogP contribution in [-0.4, -0.2) is 29.5 Å². The Labute approximate surface area is 115 Å². The molecule has 0 radical (unpaired) electrons. The number of nitrogens with one attached hydrogen (secondary N) is 2. The summed E-state index contributed by atoms with van der Waals surface area (Å²) >= 11 is 1.65. The molecule has 1 saturated heterocycles. The van der Waals surface area contributed by atoms with Crippen molar-refractivity contribution in [3.63, 3.8) is 0 Å². The maximum atomic E-state index is 12.2. The van der Waals surface area contributed by atoms with Crippen molar-refractivity contribution < 1.29 is 4.79 Å². The first-order valence-electron chi connectivity index (χ1n) is 6.68. The van der Waals surface area contributed by atoms with E-state index in [2.05, 4.69) is 15.6 Å². The summed E-state index contributed by atoms with van der Waals surface area (Å²) in [4.78, 5) is 16.7. The van der Waals surface area contributed by atoms with Crippen molar-refractivity contribution >= 4 is 27.5 Å². The number of nitrogens with zero attached hydrogens (tertiary/aromatic N) is 1. The average molecular weight is 273 g/mol. The molecule has 1 saturated carbocycles. The van der Waals surface area contributed by atoms with Gasteiger partial charge in [-0.05, 0) is 48.9 Å². The van der Waals surface area contributed by atoms with Gasteiger partial charge in [0.1, 0.15) is 5.69 Å². The predicted octanol–water partition coefficient (Wildman–Crippen LogP) is 1.78. The summed E-state index contributed by atoms with van der Waals surface area (Å²) in [6, 6.07) is 6.47. The third-order valence-corrected chi connectivity index (χ3v) is 5.06. The van der Waals surface area contributed by atoms with Gasteiger partial charge in [-0.2, -0.15) is 0 Å². The van der Waals surface area contributed by atoms with Crippen molar-refractivity contribution in [2.75, 3.05) is 6.54 Å². The van der Waals surface area contributed by atoms with Crippen LogP contribution in [0.2, 0.25) is 0 Å². The Bertz CT molecular complexity index is 638. The van der Waals surface area contributed by atoms with E-state index in [9.17, 15) is 4.79 Å². The molecule has 98 valence electrons. The van der Waals surface area contributed by atoms with Crippen LogP contribution in [0.1, 0.15) is 23.3 Å². The molecule has 5 heteroatoms. The molecule has 3 unspecified atom stereocenters. The van der Waals surface area contributed by atoms with E-state index in [-0.39, 0.29) is 11.9 Å². The average Bonchev–Trinajstić information content (AvgIpc) is 3.13. The zero-order valence-electron chi connectivity index (χ0n) is 10.4. The third-order valence-electron chi connectivity index (χ3n) is 4.18. The maximum Gasteiger partial charge on any atom is 0.270 e. The van der Waals surface area contributed by atoms with Gasteiger partial charge in [-0.15, -0.1) is 11.3 Å². The van der Waals surface area contributed by atoms with Crippen LogP contribution in [-0.2, 0) is 0 Å².